The highest BCUT2D eigenvalue weighted by atomic mass is 16.5. The van der Waals surface area contributed by atoms with Crippen LogP contribution < -0.4 is 4.74 Å². The van der Waals surface area contributed by atoms with Crippen LogP contribution in [0.1, 0.15) is 23.4 Å². The minimum Gasteiger partial charge on any atom is -0.496 e. The summed E-state index contributed by atoms with van der Waals surface area (Å²) in [4.78, 5) is 18.8. The molecule has 0 aliphatic carbocycles. The normalized spacial score (nSPS) is 13.8. The van der Waals surface area contributed by atoms with Gasteiger partial charge in [0.2, 0.25) is 5.91 Å². The van der Waals surface area contributed by atoms with E-state index < -0.39 is 0 Å². The summed E-state index contributed by atoms with van der Waals surface area (Å²) >= 11 is 0. The number of carbonyl (C=O) groups is 1. The molecule has 0 spiro atoms. The van der Waals surface area contributed by atoms with Crippen LogP contribution in [0.25, 0.3) is 0 Å². The number of aryl methyl sites for hydroxylation is 2. The molecule has 1 amide bonds. The molecular formula is C17H21N3O2. The maximum atomic E-state index is 12.5. The Hall–Kier alpha value is -2.30. The second-order valence-electron chi connectivity index (χ2n) is 5.63. The van der Waals surface area contributed by atoms with Gasteiger partial charge < -0.3 is 14.2 Å². The molecule has 1 aromatic carbocycles. The lowest BCUT2D eigenvalue weighted by Gasteiger charge is -2.27. The van der Waals surface area contributed by atoms with Crippen LogP contribution in [0.4, 0.5) is 0 Å². The molecule has 1 aliphatic heterocycles. The van der Waals surface area contributed by atoms with Crippen LogP contribution >= 0.6 is 0 Å². The number of amides is 1. The zero-order chi connectivity index (χ0) is 15.5. The van der Waals surface area contributed by atoms with Gasteiger partial charge in [0.1, 0.15) is 5.75 Å². The average molecular weight is 299 g/mol. The molecule has 3 rings (SSSR count). The Kier molecular flexibility index (Phi) is 4.13. The van der Waals surface area contributed by atoms with Crippen LogP contribution in [0, 0.1) is 0 Å². The molecule has 2 heterocycles. The first-order chi connectivity index (χ1) is 10.7. The Bertz CT molecular complexity index is 678. The molecule has 116 valence electrons. The first kappa shape index (κ1) is 14.6. The monoisotopic (exact) mass is 299 g/mol. The van der Waals surface area contributed by atoms with Gasteiger partial charge in [0.15, 0.2) is 0 Å². The third-order valence-electron chi connectivity index (χ3n) is 4.26. The number of carbonyl (C=O) groups excluding carboxylic acids is 1. The first-order valence-corrected chi connectivity index (χ1v) is 7.57. The topological polar surface area (TPSA) is 47.4 Å². The van der Waals surface area contributed by atoms with Crippen LogP contribution in [0.2, 0.25) is 0 Å². The Morgan fingerprint density at radius 2 is 2.18 bits per heavy atom. The van der Waals surface area contributed by atoms with E-state index in [4.69, 9.17) is 4.74 Å². The van der Waals surface area contributed by atoms with Gasteiger partial charge in [0.05, 0.1) is 31.4 Å². The van der Waals surface area contributed by atoms with Crippen molar-refractivity contribution >= 4 is 5.91 Å². The number of fused-ring (bicyclic) bond motifs is 1. The van der Waals surface area contributed by atoms with Gasteiger partial charge in [-0.2, -0.15) is 0 Å². The largest absolute Gasteiger partial charge is 0.496 e. The molecule has 0 radical (unpaired) electrons. The third-order valence-corrected chi connectivity index (χ3v) is 4.26. The van der Waals surface area contributed by atoms with E-state index in [0.29, 0.717) is 19.4 Å². The molecule has 0 N–H and O–H groups in total. The number of aromatic nitrogens is 2. The molecule has 1 aliphatic rings. The standard InChI is InChI=1S/C17H21N3O2/c1-19-12-18-14-9-10-20(11-15(14)19)17(21)8-7-13-5-3-4-6-16(13)22-2/h3-6,12H,7-11H2,1-2H3. The van der Waals surface area contributed by atoms with Crippen molar-refractivity contribution in [2.45, 2.75) is 25.8 Å². The third kappa shape index (κ3) is 2.84. The predicted octanol–water partition coefficient (Wildman–Crippen LogP) is 1.95. The number of hydrogen-bond acceptors (Lipinski definition) is 3. The maximum Gasteiger partial charge on any atom is 0.223 e. The predicted molar refractivity (Wildman–Crippen MR) is 83.6 cm³/mol. The summed E-state index contributed by atoms with van der Waals surface area (Å²) in [6.45, 7) is 1.42. The van der Waals surface area contributed by atoms with Gasteiger partial charge in [-0.3, -0.25) is 4.79 Å². The molecule has 0 fully saturated rings. The number of nitrogens with zero attached hydrogens (tertiary/aromatic N) is 3. The SMILES string of the molecule is COc1ccccc1CCC(=O)N1CCc2ncn(C)c2C1. The van der Waals surface area contributed by atoms with Crippen molar-refractivity contribution in [2.75, 3.05) is 13.7 Å². The van der Waals surface area contributed by atoms with Crippen molar-refractivity contribution < 1.29 is 9.53 Å². The molecule has 0 saturated carbocycles. The number of benzene rings is 1. The lowest BCUT2D eigenvalue weighted by molar-refractivity contribution is -0.132. The van der Waals surface area contributed by atoms with Crippen molar-refractivity contribution in [3.8, 4) is 5.75 Å². The van der Waals surface area contributed by atoms with Crippen molar-refractivity contribution in [2.24, 2.45) is 7.05 Å². The number of methoxy groups -OCH3 is 1. The van der Waals surface area contributed by atoms with E-state index in [1.807, 2.05) is 47.1 Å². The van der Waals surface area contributed by atoms with E-state index >= 15 is 0 Å². The lowest BCUT2D eigenvalue weighted by atomic mass is 10.1. The summed E-state index contributed by atoms with van der Waals surface area (Å²) in [7, 11) is 3.64. The molecule has 0 unspecified atom stereocenters. The molecule has 22 heavy (non-hydrogen) atoms. The minimum absolute atomic E-state index is 0.192. The number of imidazole rings is 1. The highest BCUT2D eigenvalue weighted by molar-refractivity contribution is 5.76. The Balaban J connectivity index is 1.62. The van der Waals surface area contributed by atoms with E-state index in [0.717, 1.165) is 35.7 Å². The van der Waals surface area contributed by atoms with Gasteiger partial charge in [-0.05, 0) is 18.1 Å². The number of rotatable bonds is 4. The van der Waals surface area contributed by atoms with E-state index in [1.165, 1.54) is 0 Å². The Labute approximate surface area is 130 Å². The molecule has 5 heteroatoms. The quantitative estimate of drug-likeness (QED) is 0.867. The fourth-order valence-electron chi connectivity index (χ4n) is 2.94. The average Bonchev–Trinajstić information content (AvgIpc) is 2.93. The molecular weight excluding hydrogens is 278 g/mol. The second kappa shape index (κ2) is 6.22. The molecule has 2 aromatic rings. The van der Waals surface area contributed by atoms with Crippen molar-refractivity contribution in [3.63, 3.8) is 0 Å². The van der Waals surface area contributed by atoms with Crippen molar-refractivity contribution in [1.82, 2.24) is 14.5 Å². The number of hydrogen-bond donors (Lipinski definition) is 0. The van der Waals surface area contributed by atoms with Crippen LogP contribution in [-0.4, -0.2) is 34.0 Å². The fraction of sp³-hybridized carbons (Fsp3) is 0.412. The molecule has 0 bridgehead atoms. The highest BCUT2D eigenvalue weighted by Gasteiger charge is 2.23. The van der Waals surface area contributed by atoms with Crippen molar-refractivity contribution in [1.29, 1.82) is 0 Å². The minimum atomic E-state index is 0.192. The van der Waals surface area contributed by atoms with Gasteiger partial charge in [-0.25, -0.2) is 4.98 Å². The molecule has 0 saturated heterocycles. The maximum absolute atomic E-state index is 12.5. The summed E-state index contributed by atoms with van der Waals surface area (Å²) in [5, 5.41) is 0. The van der Waals surface area contributed by atoms with Crippen LogP contribution in [-0.2, 0) is 31.2 Å². The highest BCUT2D eigenvalue weighted by Crippen LogP contribution is 2.21. The molecule has 1 aromatic heterocycles. The lowest BCUT2D eigenvalue weighted by Crippen LogP contribution is -2.36. The van der Waals surface area contributed by atoms with Crippen LogP contribution in [0.3, 0.4) is 0 Å². The van der Waals surface area contributed by atoms with Crippen LogP contribution in [0.15, 0.2) is 30.6 Å². The van der Waals surface area contributed by atoms with Gasteiger partial charge in [-0.1, -0.05) is 18.2 Å². The molecule has 0 atom stereocenters. The first-order valence-electron chi connectivity index (χ1n) is 7.57. The van der Waals surface area contributed by atoms with E-state index in [9.17, 15) is 4.79 Å². The second-order valence-corrected chi connectivity index (χ2v) is 5.63. The Morgan fingerprint density at radius 1 is 1.36 bits per heavy atom. The van der Waals surface area contributed by atoms with Crippen molar-refractivity contribution in [3.05, 3.63) is 47.5 Å². The summed E-state index contributed by atoms with van der Waals surface area (Å²) < 4.78 is 7.35. The van der Waals surface area contributed by atoms with Gasteiger partial charge in [0.25, 0.3) is 0 Å². The van der Waals surface area contributed by atoms with Gasteiger partial charge in [-0.15, -0.1) is 0 Å². The Morgan fingerprint density at radius 3 is 3.00 bits per heavy atom. The van der Waals surface area contributed by atoms with Gasteiger partial charge in [0, 0.05) is 26.4 Å². The smallest absolute Gasteiger partial charge is 0.223 e. The molecule has 5 nitrogen and oxygen atoms in total. The fourth-order valence-corrected chi connectivity index (χ4v) is 2.94. The number of para-hydroxylation sites is 1. The summed E-state index contributed by atoms with van der Waals surface area (Å²) in [6.07, 6.45) is 3.88. The number of ether oxygens (including phenoxy) is 1. The summed E-state index contributed by atoms with van der Waals surface area (Å²) in [6, 6.07) is 7.87. The van der Waals surface area contributed by atoms with E-state index in [1.54, 1.807) is 7.11 Å². The zero-order valence-electron chi connectivity index (χ0n) is 13.1. The van der Waals surface area contributed by atoms with E-state index in [-0.39, 0.29) is 5.91 Å². The summed E-state index contributed by atoms with van der Waals surface area (Å²) in [5.41, 5.74) is 3.35. The van der Waals surface area contributed by atoms with Gasteiger partial charge >= 0.3 is 0 Å². The zero-order valence-corrected chi connectivity index (χ0v) is 13.1. The van der Waals surface area contributed by atoms with Crippen LogP contribution in [0.5, 0.6) is 5.75 Å². The van der Waals surface area contributed by atoms with E-state index in [2.05, 4.69) is 4.98 Å². The summed E-state index contributed by atoms with van der Waals surface area (Å²) in [5.74, 6) is 1.04.